The molecule has 0 amide bonds. The van der Waals surface area contributed by atoms with E-state index >= 15 is 0 Å². The van der Waals surface area contributed by atoms with E-state index in [1.165, 1.54) is 6.20 Å². The highest BCUT2D eigenvalue weighted by atomic mass is 35.5. The lowest BCUT2D eigenvalue weighted by Gasteiger charge is -2.19. The maximum absolute atomic E-state index is 13.8. The Morgan fingerprint density at radius 2 is 2.07 bits per heavy atom. The summed E-state index contributed by atoms with van der Waals surface area (Å²) in [5.74, 6) is 1.54. The summed E-state index contributed by atoms with van der Waals surface area (Å²) >= 11 is 6.22. The highest BCUT2D eigenvalue weighted by Crippen LogP contribution is 2.36. The molecule has 1 atom stereocenters. The highest BCUT2D eigenvalue weighted by molar-refractivity contribution is 6.30. The van der Waals surface area contributed by atoms with Crippen LogP contribution in [0.3, 0.4) is 0 Å². The summed E-state index contributed by atoms with van der Waals surface area (Å²) in [5, 5.41) is 5.18. The molecule has 0 unspecified atom stereocenters. The first-order chi connectivity index (χ1) is 14.5. The monoisotopic (exact) mass is 430 g/mol. The van der Waals surface area contributed by atoms with E-state index in [4.69, 9.17) is 26.8 Å². The Bertz CT molecular complexity index is 1000. The molecule has 1 saturated heterocycles. The standard InChI is InChI=1S/C22H24ClFN4O2/c1-28-22(11-20(27-28)14-6-8-29-9-7-14)30-21-10-16(23)3-4-17(21)19-5-2-15(13-26-19)18(24)12-25/h2-5,10-11,13-14,18H,6-9,12,25H2,1H3/t18-/m0/s1. The van der Waals surface area contributed by atoms with Crippen LogP contribution in [0.25, 0.3) is 11.3 Å². The normalized spacial score (nSPS) is 15.9. The molecule has 6 nitrogen and oxygen atoms in total. The number of hydrogen-bond donors (Lipinski definition) is 1. The molecule has 1 aromatic carbocycles. The Balaban J connectivity index is 1.62. The van der Waals surface area contributed by atoms with Crippen molar-refractivity contribution in [2.75, 3.05) is 19.8 Å². The van der Waals surface area contributed by atoms with Crippen molar-refractivity contribution < 1.29 is 13.9 Å². The van der Waals surface area contributed by atoms with Crippen LogP contribution in [0.2, 0.25) is 5.02 Å². The van der Waals surface area contributed by atoms with E-state index in [-0.39, 0.29) is 6.54 Å². The minimum Gasteiger partial charge on any atom is -0.439 e. The number of ether oxygens (including phenoxy) is 2. The van der Waals surface area contributed by atoms with Gasteiger partial charge in [-0.05, 0) is 31.0 Å². The van der Waals surface area contributed by atoms with Gasteiger partial charge in [-0.3, -0.25) is 4.98 Å². The van der Waals surface area contributed by atoms with Crippen LogP contribution >= 0.6 is 11.6 Å². The van der Waals surface area contributed by atoms with Crippen LogP contribution in [0, 0.1) is 0 Å². The van der Waals surface area contributed by atoms with Gasteiger partial charge < -0.3 is 15.2 Å². The molecule has 0 radical (unpaired) electrons. The first-order valence-corrected chi connectivity index (χ1v) is 10.3. The zero-order chi connectivity index (χ0) is 21.1. The molecule has 3 heterocycles. The van der Waals surface area contributed by atoms with Crippen molar-refractivity contribution in [2.24, 2.45) is 12.8 Å². The third-order valence-electron chi connectivity index (χ3n) is 5.28. The number of aromatic nitrogens is 3. The lowest BCUT2D eigenvalue weighted by molar-refractivity contribution is 0.0844. The lowest BCUT2D eigenvalue weighted by atomic mass is 9.97. The zero-order valence-corrected chi connectivity index (χ0v) is 17.5. The van der Waals surface area contributed by atoms with Gasteiger partial charge in [0.1, 0.15) is 11.9 Å². The first-order valence-electron chi connectivity index (χ1n) is 9.94. The molecule has 1 aliphatic rings. The van der Waals surface area contributed by atoms with Crippen molar-refractivity contribution >= 4 is 11.6 Å². The lowest BCUT2D eigenvalue weighted by Crippen LogP contribution is -2.14. The highest BCUT2D eigenvalue weighted by Gasteiger charge is 2.21. The molecule has 1 aliphatic heterocycles. The second-order valence-electron chi connectivity index (χ2n) is 7.34. The smallest absolute Gasteiger partial charge is 0.217 e. The van der Waals surface area contributed by atoms with Gasteiger partial charge in [-0.2, -0.15) is 5.10 Å². The molecule has 2 N–H and O–H groups in total. The van der Waals surface area contributed by atoms with Crippen molar-refractivity contribution in [1.82, 2.24) is 14.8 Å². The predicted molar refractivity (Wildman–Crippen MR) is 114 cm³/mol. The van der Waals surface area contributed by atoms with Crippen molar-refractivity contribution in [3.8, 4) is 22.9 Å². The molecule has 1 fully saturated rings. The zero-order valence-electron chi connectivity index (χ0n) is 16.7. The molecule has 0 aliphatic carbocycles. The van der Waals surface area contributed by atoms with Crippen LogP contribution in [0.15, 0.2) is 42.6 Å². The minimum atomic E-state index is -1.23. The molecule has 0 bridgehead atoms. The average Bonchev–Trinajstić information content (AvgIpc) is 3.14. The summed E-state index contributed by atoms with van der Waals surface area (Å²) in [6, 6.07) is 10.8. The topological polar surface area (TPSA) is 75.2 Å². The molecular weight excluding hydrogens is 407 g/mol. The van der Waals surface area contributed by atoms with Crippen molar-refractivity contribution in [1.29, 1.82) is 0 Å². The summed E-state index contributed by atoms with van der Waals surface area (Å²) < 4.78 is 27.2. The van der Waals surface area contributed by atoms with Crippen LogP contribution in [0.1, 0.15) is 36.2 Å². The number of hydrogen-bond acceptors (Lipinski definition) is 5. The molecular formula is C22H24ClFN4O2. The van der Waals surface area contributed by atoms with Gasteiger partial charge in [0.25, 0.3) is 0 Å². The number of aryl methyl sites for hydroxylation is 1. The fourth-order valence-electron chi connectivity index (χ4n) is 3.55. The van der Waals surface area contributed by atoms with Gasteiger partial charge in [-0.15, -0.1) is 0 Å². The van der Waals surface area contributed by atoms with Gasteiger partial charge in [0.05, 0.1) is 11.4 Å². The fourth-order valence-corrected chi connectivity index (χ4v) is 3.71. The van der Waals surface area contributed by atoms with Gasteiger partial charge >= 0.3 is 0 Å². The van der Waals surface area contributed by atoms with Crippen molar-refractivity contribution in [3.05, 3.63) is 58.9 Å². The third-order valence-corrected chi connectivity index (χ3v) is 5.52. The Kier molecular flexibility index (Phi) is 6.32. The van der Waals surface area contributed by atoms with Crippen LogP contribution in [0.5, 0.6) is 11.6 Å². The molecule has 0 spiro atoms. The van der Waals surface area contributed by atoms with Crippen molar-refractivity contribution in [3.63, 3.8) is 0 Å². The Labute approximate surface area is 179 Å². The second-order valence-corrected chi connectivity index (χ2v) is 7.78. The summed E-state index contributed by atoms with van der Waals surface area (Å²) in [6.07, 6.45) is 2.17. The molecule has 3 aromatic rings. The van der Waals surface area contributed by atoms with Gasteiger partial charge in [-0.1, -0.05) is 17.7 Å². The van der Waals surface area contributed by atoms with E-state index in [0.717, 1.165) is 37.3 Å². The second kappa shape index (κ2) is 9.12. The van der Waals surface area contributed by atoms with Crippen LogP contribution in [0.4, 0.5) is 4.39 Å². The quantitative estimate of drug-likeness (QED) is 0.608. The number of pyridine rings is 1. The van der Waals surface area contributed by atoms with E-state index in [9.17, 15) is 4.39 Å². The number of rotatable bonds is 6. The maximum atomic E-state index is 13.8. The van der Waals surface area contributed by atoms with E-state index in [0.29, 0.717) is 33.8 Å². The Morgan fingerprint density at radius 3 is 2.77 bits per heavy atom. The molecule has 30 heavy (non-hydrogen) atoms. The van der Waals surface area contributed by atoms with E-state index in [1.54, 1.807) is 28.9 Å². The first kappa shape index (κ1) is 20.8. The number of benzene rings is 1. The molecule has 8 heteroatoms. The van der Waals surface area contributed by atoms with Gasteiger partial charge in [-0.25, -0.2) is 9.07 Å². The maximum Gasteiger partial charge on any atom is 0.217 e. The third kappa shape index (κ3) is 4.48. The number of nitrogens with zero attached hydrogens (tertiary/aromatic N) is 3. The van der Waals surface area contributed by atoms with Gasteiger partial charge in [0.15, 0.2) is 0 Å². The fraction of sp³-hybridized carbons (Fsp3) is 0.364. The minimum absolute atomic E-state index is 0.0771. The van der Waals surface area contributed by atoms with Crippen LogP contribution in [-0.2, 0) is 11.8 Å². The summed E-state index contributed by atoms with van der Waals surface area (Å²) in [4.78, 5) is 4.40. The summed E-state index contributed by atoms with van der Waals surface area (Å²) in [6.45, 7) is 1.43. The Morgan fingerprint density at radius 1 is 1.27 bits per heavy atom. The number of halogens is 2. The molecule has 2 aromatic heterocycles. The predicted octanol–water partition coefficient (Wildman–Crippen LogP) is 4.79. The number of nitrogens with two attached hydrogens (primary N) is 1. The summed E-state index contributed by atoms with van der Waals surface area (Å²) in [7, 11) is 1.85. The molecule has 0 saturated carbocycles. The van der Waals surface area contributed by atoms with Gasteiger partial charge in [0, 0.05) is 67.2 Å². The van der Waals surface area contributed by atoms with Crippen LogP contribution < -0.4 is 10.5 Å². The number of alkyl halides is 1. The van der Waals surface area contributed by atoms with E-state index < -0.39 is 6.17 Å². The van der Waals surface area contributed by atoms with E-state index in [2.05, 4.69) is 10.1 Å². The average molecular weight is 431 g/mol. The molecule has 4 rings (SSSR count). The molecule has 158 valence electrons. The van der Waals surface area contributed by atoms with E-state index in [1.807, 2.05) is 19.2 Å². The SMILES string of the molecule is Cn1nc(C2CCOCC2)cc1Oc1cc(Cl)ccc1-c1ccc([C@@H](F)CN)cn1. The Hall–Kier alpha value is -2.48. The summed E-state index contributed by atoms with van der Waals surface area (Å²) in [5.41, 5.74) is 8.25. The van der Waals surface area contributed by atoms with Crippen LogP contribution in [-0.4, -0.2) is 34.5 Å². The largest absolute Gasteiger partial charge is 0.439 e. The van der Waals surface area contributed by atoms with Gasteiger partial charge in [0.2, 0.25) is 5.88 Å². The van der Waals surface area contributed by atoms with Crippen molar-refractivity contribution in [2.45, 2.75) is 24.9 Å².